The van der Waals surface area contributed by atoms with Gasteiger partial charge in [0.1, 0.15) is 17.2 Å². The number of para-hydroxylation sites is 1. The van der Waals surface area contributed by atoms with Gasteiger partial charge in [-0.3, -0.25) is 4.79 Å². The molecule has 2 aromatic carbocycles. The van der Waals surface area contributed by atoms with Gasteiger partial charge in [-0.05, 0) is 44.5 Å². The zero-order chi connectivity index (χ0) is 20.5. The molecule has 5 nitrogen and oxygen atoms in total. The predicted molar refractivity (Wildman–Crippen MR) is 104 cm³/mol. The maximum Gasteiger partial charge on any atom is 0.332 e. The molecule has 3 rings (SSSR count). The number of fused-ring (bicyclic) bond motifs is 1. The van der Waals surface area contributed by atoms with Gasteiger partial charge in [-0.2, -0.15) is 0 Å². The fourth-order valence-corrected chi connectivity index (χ4v) is 3.06. The molecular formula is C22H22FNO4. The van der Waals surface area contributed by atoms with E-state index in [9.17, 15) is 14.0 Å². The van der Waals surface area contributed by atoms with Crippen LogP contribution >= 0.6 is 0 Å². The fraction of sp³-hybridized carbons (Fsp3) is 0.273. The number of hydrogen-bond donors (Lipinski definition) is 0. The van der Waals surface area contributed by atoms with Crippen LogP contribution in [0.5, 0.6) is 5.75 Å². The van der Waals surface area contributed by atoms with Gasteiger partial charge < -0.3 is 14.4 Å². The van der Waals surface area contributed by atoms with Crippen molar-refractivity contribution in [2.24, 2.45) is 0 Å². The molecule has 0 aromatic heterocycles. The standard InChI is InChI=1S/C22H22FNO4/c1-22(2,3)28-19(25)12-17-16-9-6-10-18(23)20(16)24(21(17)26)13-14-7-5-8-15(11-14)27-4/h5-12H,13H2,1-4H3. The Kier molecular flexibility index (Phi) is 5.23. The average Bonchev–Trinajstić information content (AvgIpc) is 2.87. The topological polar surface area (TPSA) is 55.8 Å². The predicted octanol–water partition coefficient (Wildman–Crippen LogP) is 4.11. The number of esters is 1. The van der Waals surface area contributed by atoms with E-state index in [0.29, 0.717) is 11.3 Å². The van der Waals surface area contributed by atoms with Crippen LogP contribution in [0.15, 0.2) is 48.5 Å². The highest BCUT2D eigenvalue weighted by Gasteiger charge is 2.35. The Labute approximate surface area is 163 Å². The van der Waals surface area contributed by atoms with Gasteiger partial charge >= 0.3 is 5.97 Å². The molecule has 0 radical (unpaired) electrons. The normalized spacial score (nSPS) is 15.0. The number of amides is 1. The zero-order valence-electron chi connectivity index (χ0n) is 16.3. The van der Waals surface area contributed by atoms with Gasteiger partial charge in [-0.25, -0.2) is 9.18 Å². The summed E-state index contributed by atoms with van der Waals surface area (Å²) in [5.74, 6) is -0.980. The molecule has 0 bridgehead atoms. The first-order valence-electron chi connectivity index (χ1n) is 8.88. The quantitative estimate of drug-likeness (QED) is 0.589. The molecule has 0 fully saturated rings. The van der Waals surface area contributed by atoms with Crippen molar-refractivity contribution in [3.8, 4) is 5.75 Å². The minimum Gasteiger partial charge on any atom is -0.497 e. The third-order valence-corrected chi connectivity index (χ3v) is 4.17. The van der Waals surface area contributed by atoms with Crippen LogP contribution in [-0.4, -0.2) is 24.6 Å². The van der Waals surface area contributed by atoms with Gasteiger partial charge in [0.15, 0.2) is 0 Å². The lowest BCUT2D eigenvalue weighted by atomic mass is 10.1. The summed E-state index contributed by atoms with van der Waals surface area (Å²) in [5, 5.41) is 0. The number of carbonyl (C=O) groups excluding carboxylic acids is 2. The summed E-state index contributed by atoms with van der Waals surface area (Å²) in [6.45, 7) is 5.36. The van der Waals surface area contributed by atoms with E-state index in [0.717, 1.165) is 11.6 Å². The molecule has 0 saturated heterocycles. The summed E-state index contributed by atoms with van der Waals surface area (Å²) in [6, 6.07) is 11.6. The Morgan fingerprint density at radius 3 is 2.57 bits per heavy atom. The summed E-state index contributed by atoms with van der Waals surface area (Å²) < 4.78 is 25.1. The first-order chi connectivity index (χ1) is 13.2. The Hall–Kier alpha value is -3.15. The van der Waals surface area contributed by atoms with Crippen LogP contribution in [0.4, 0.5) is 10.1 Å². The van der Waals surface area contributed by atoms with Crippen molar-refractivity contribution < 1.29 is 23.5 Å². The number of anilines is 1. The van der Waals surface area contributed by atoms with E-state index >= 15 is 0 Å². The highest BCUT2D eigenvalue weighted by atomic mass is 19.1. The maximum atomic E-state index is 14.6. The number of methoxy groups -OCH3 is 1. The molecule has 0 N–H and O–H groups in total. The summed E-state index contributed by atoms with van der Waals surface area (Å²) in [6.07, 6.45) is 1.14. The first-order valence-corrected chi connectivity index (χ1v) is 8.88. The lowest BCUT2D eigenvalue weighted by molar-refractivity contribution is -0.148. The summed E-state index contributed by atoms with van der Waals surface area (Å²) >= 11 is 0. The number of nitrogens with zero attached hydrogens (tertiary/aromatic N) is 1. The van der Waals surface area contributed by atoms with Crippen LogP contribution in [0.3, 0.4) is 0 Å². The van der Waals surface area contributed by atoms with Gasteiger partial charge in [0.25, 0.3) is 5.91 Å². The lowest BCUT2D eigenvalue weighted by Crippen LogP contribution is -2.27. The summed E-state index contributed by atoms with van der Waals surface area (Å²) in [5.41, 5.74) is 0.733. The smallest absolute Gasteiger partial charge is 0.332 e. The van der Waals surface area contributed by atoms with Crippen LogP contribution < -0.4 is 9.64 Å². The lowest BCUT2D eigenvalue weighted by Gasteiger charge is -2.19. The van der Waals surface area contributed by atoms with Crippen molar-refractivity contribution in [3.63, 3.8) is 0 Å². The van der Waals surface area contributed by atoms with E-state index in [1.54, 1.807) is 52.1 Å². The van der Waals surface area contributed by atoms with Gasteiger partial charge in [0, 0.05) is 11.6 Å². The molecule has 1 heterocycles. The van der Waals surface area contributed by atoms with Crippen LogP contribution in [0.25, 0.3) is 5.57 Å². The molecule has 28 heavy (non-hydrogen) atoms. The summed E-state index contributed by atoms with van der Waals surface area (Å²) in [4.78, 5) is 26.6. The second-order valence-corrected chi connectivity index (χ2v) is 7.47. The largest absolute Gasteiger partial charge is 0.497 e. The molecule has 146 valence electrons. The Morgan fingerprint density at radius 1 is 1.18 bits per heavy atom. The second kappa shape index (κ2) is 7.46. The van der Waals surface area contributed by atoms with E-state index in [1.807, 2.05) is 6.07 Å². The van der Waals surface area contributed by atoms with E-state index < -0.39 is 23.3 Å². The SMILES string of the molecule is COc1cccc(CN2C(=O)C(=CC(=O)OC(C)(C)C)c3cccc(F)c32)c1. The van der Waals surface area contributed by atoms with Crippen molar-refractivity contribution in [2.75, 3.05) is 12.0 Å². The van der Waals surface area contributed by atoms with E-state index in [1.165, 1.54) is 17.0 Å². The van der Waals surface area contributed by atoms with Crippen molar-refractivity contribution >= 4 is 23.1 Å². The maximum absolute atomic E-state index is 14.6. The molecule has 1 aliphatic heterocycles. The molecule has 0 spiro atoms. The third-order valence-electron chi connectivity index (χ3n) is 4.17. The Morgan fingerprint density at radius 2 is 1.89 bits per heavy atom. The van der Waals surface area contributed by atoms with Crippen molar-refractivity contribution in [1.82, 2.24) is 0 Å². The van der Waals surface area contributed by atoms with Gasteiger partial charge in [0.2, 0.25) is 0 Å². The van der Waals surface area contributed by atoms with Gasteiger partial charge in [-0.1, -0.05) is 24.3 Å². The van der Waals surface area contributed by atoms with Crippen LogP contribution in [0.2, 0.25) is 0 Å². The molecular weight excluding hydrogens is 361 g/mol. The highest BCUT2D eigenvalue weighted by molar-refractivity contribution is 6.34. The first kappa shape index (κ1) is 19.6. The molecule has 0 atom stereocenters. The minimum absolute atomic E-state index is 0.117. The van der Waals surface area contributed by atoms with Crippen molar-refractivity contribution in [1.29, 1.82) is 0 Å². The molecule has 1 amide bonds. The Bertz CT molecular complexity index is 959. The molecule has 0 saturated carbocycles. The van der Waals surface area contributed by atoms with Gasteiger partial charge in [0.05, 0.1) is 24.9 Å². The molecule has 6 heteroatoms. The highest BCUT2D eigenvalue weighted by Crippen LogP contribution is 2.39. The number of ether oxygens (including phenoxy) is 2. The number of benzene rings is 2. The van der Waals surface area contributed by atoms with E-state index in [-0.39, 0.29) is 17.8 Å². The third kappa shape index (κ3) is 4.06. The van der Waals surface area contributed by atoms with Crippen LogP contribution in [0.1, 0.15) is 31.9 Å². The number of carbonyl (C=O) groups is 2. The zero-order valence-corrected chi connectivity index (χ0v) is 16.3. The monoisotopic (exact) mass is 383 g/mol. The second-order valence-electron chi connectivity index (χ2n) is 7.47. The molecule has 0 aliphatic carbocycles. The molecule has 0 unspecified atom stereocenters. The summed E-state index contributed by atoms with van der Waals surface area (Å²) in [7, 11) is 1.55. The number of halogens is 1. The average molecular weight is 383 g/mol. The van der Waals surface area contributed by atoms with E-state index in [4.69, 9.17) is 9.47 Å². The van der Waals surface area contributed by atoms with E-state index in [2.05, 4.69) is 0 Å². The minimum atomic E-state index is -0.694. The fourth-order valence-electron chi connectivity index (χ4n) is 3.06. The Balaban J connectivity index is 1.99. The van der Waals surface area contributed by atoms with Crippen LogP contribution in [0, 0.1) is 5.82 Å². The van der Waals surface area contributed by atoms with Crippen molar-refractivity contribution in [3.05, 3.63) is 65.5 Å². The van der Waals surface area contributed by atoms with Crippen molar-refractivity contribution in [2.45, 2.75) is 32.9 Å². The number of rotatable bonds is 4. The van der Waals surface area contributed by atoms with Gasteiger partial charge in [-0.15, -0.1) is 0 Å². The molecule has 2 aromatic rings. The van der Waals surface area contributed by atoms with Crippen LogP contribution in [-0.2, 0) is 20.9 Å². The molecule has 1 aliphatic rings. The number of hydrogen-bond acceptors (Lipinski definition) is 4.